The summed E-state index contributed by atoms with van der Waals surface area (Å²) in [6.07, 6.45) is 1.02. The van der Waals surface area contributed by atoms with Crippen molar-refractivity contribution in [3.8, 4) is 5.75 Å². The lowest BCUT2D eigenvalue weighted by atomic mass is 9.95. The largest absolute Gasteiger partial charge is 0.497 e. The van der Waals surface area contributed by atoms with Gasteiger partial charge in [0.05, 0.1) is 7.11 Å². The maximum atomic E-state index is 5.11. The predicted molar refractivity (Wildman–Crippen MR) is 59.8 cm³/mol. The van der Waals surface area contributed by atoms with Crippen molar-refractivity contribution in [2.24, 2.45) is 0 Å². The van der Waals surface area contributed by atoms with Gasteiger partial charge in [-0.25, -0.2) is 0 Å². The van der Waals surface area contributed by atoms with Gasteiger partial charge in [0.2, 0.25) is 0 Å². The van der Waals surface area contributed by atoms with E-state index in [2.05, 4.69) is 31.3 Å². The molecular formula is C12H19NO. The van der Waals surface area contributed by atoms with Crippen molar-refractivity contribution < 1.29 is 4.74 Å². The van der Waals surface area contributed by atoms with Gasteiger partial charge in [-0.15, -0.1) is 0 Å². The van der Waals surface area contributed by atoms with Crippen molar-refractivity contribution in [1.82, 2.24) is 5.32 Å². The monoisotopic (exact) mass is 193 g/mol. The van der Waals surface area contributed by atoms with Crippen LogP contribution >= 0.6 is 0 Å². The van der Waals surface area contributed by atoms with Crippen LogP contribution in [0.5, 0.6) is 5.75 Å². The second-order valence-electron chi connectivity index (χ2n) is 4.16. The predicted octanol–water partition coefficient (Wildman–Crippen LogP) is 2.24. The van der Waals surface area contributed by atoms with Crippen LogP contribution < -0.4 is 10.1 Å². The SMILES string of the molecule is CNC(C)(C)Cc1ccc(OC)cc1. The zero-order chi connectivity index (χ0) is 10.6. The van der Waals surface area contributed by atoms with Crippen LogP contribution in [0.2, 0.25) is 0 Å². The Kier molecular flexibility index (Phi) is 3.53. The van der Waals surface area contributed by atoms with Gasteiger partial charge in [-0.1, -0.05) is 12.1 Å². The number of methoxy groups -OCH3 is 1. The summed E-state index contributed by atoms with van der Waals surface area (Å²) in [5.41, 5.74) is 1.47. The summed E-state index contributed by atoms with van der Waals surface area (Å²) in [5.74, 6) is 0.913. The number of hydrogen-bond acceptors (Lipinski definition) is 2. The van der Waals surface area contributed by atoms with E-state index in [0.29, 0.717) is 0 Å². The normalized spacial score (nSPS) is 11.4. The molecule has 0 bridgehead atoms. The molecule has 2 heteroatoms. The van der Waals surface area contributed by atoms with Gasteiger partial charge in [0.15, 0.2) is 0 Å². The number of ether oxygens (including phenoxy) is 1. The van der Waals surface area contributed by atoms with Gasteiger partial charge in [0.25, 0.3) is 0 Å². The van der Waals surface area contributed by atoms with Crippen LogP contribution in [0.25, 0.3) is 0 Å². The Hall–Kier alpha value is -1.02. The Morgan fingerprint density at radius 2 is 1.79 bits per heavy atom. The van der Waals surface area contributed by atoms with Crippen molar-refractivity contribution in [3.05, 3.63) is 29.8 Å². The molecule has 0 aliphatic carbocycles. The Morgan fingerprint density at radius 1 is 1.21 bits per heavy atom. The molecule has 0 unspecified atom stereocenters. The van der Waals surface area contributed by atoms with Crippen molar-refractivity contribution in [2.45, 2.75) is 25.8 Å². The molecule has 1 rings (SSSR count). The standard InChI is InChI=1S/C12H19NO/c1-12(2,13-3)9-10-5-7-11(14-4)8-6-10/h5-8,13H,9H2,1-4H3. The number of likely N-dealkylation sites (N-methyl/N-ethyl adjacent to an activating group) is 1. The molecule has 0 spiro atoms. The fourth-order valence-electron chi connectivity index (χ4n) is 1.34. The lowest BCUT2D eigenvalue weighted by Crippen LogP contribution is -2.38. The van der Waals surface area contributed by atoms with Crippen LogP contribution in [-0.4, -0.2) is 19.7 Å². The fraction of sp³-hybridized carbons (Fsp3) is 0.500. The second kappa shape index (κ2) is 4.47. The van der Waals surface area contributed by atoms with Gasteiger partial charge >= 0.3 is 0 Å². The molecular weight excluding hydrogens is 174 g/mol. The van der Waals surface area contributed by atoms with Gasteiger partial charge < -0.3 is 10.1 Å². The van der Waals surface area contributed by atoms with Crippen molar-refractivity contribution in [3.63, 3.8) is 0 Å². The number of hydrogen-bond donors (Lipinski definition) is 1. The maximum Gasteiger partial charge on any atom is 0.118 e. The molecule has 78 valence electrons. The molecule has 0 aliphatic heterocycles. The van der Waals surface area contributed by atoms with E-state index < -0.39 is 0 Å². The molecule has 1 N–H and O–H groups in total. The summed E-state index contributed by atoms with van der Waals surface area (Å²) in [4.78, 5) is 0. The third-order valence-electron chi connectivity index (χ3n) is 2.48. The molecule has 1 aromatic carbocycles. The van der Waals surface area contributed by atoms with Gasteiger partial charge in [-0.2, -0.15) is 0 Å². The Labute approximate surface area is 86.3 Å². The number of rotatable bonds is 4. The highest BCUT2D eigenvalue weighted by atomic mass is 16.5. The smallest absolute Gasteiger partial charge is 0.118 e. The first-order chi connectivity index (χ1) is 6.57. The highest BCUT2D eigenvalue weighted by molar-refractivity contribution is 5.28. The zero-order valence-electron chi connectivity index (χ0n) is 9.42. The molecule has 0 saturated carbocycles. The first kappa shape index (κ1) is 11.1. The van der Waals surface area contributed by atoms with E-state index in [0.717, 1.165) is 12.2 Å². The maximum absolute atomic E-state index is 5.11. The minimum absolute atomic E-state index is 0.147. The third-order valence-corrected chi connectivity index (χ3v) is 2.48. The molecule has 0 aromatic heterocycles. The zero-order valence-corrected chi connectivity index (χ0v) is 9.42. The van der Waals surface area contributed by atoms with E-state index in [-0.39, 0.29) is 5.54 Å². The van der Waals surface area contributed by atoms with Crippen molar-refractivity contribution in [1.29, 1.82) is 0 Å². The summed E-state index contributed by atoms with van der Waals surface area (Å²) >= 11 is 0. The molecule has 0 heterocycles. The Morgan fingerprint density at radius 3 is 2.21 bits per heavy atom. The van der Waals surface area contributed by atoms with Crippen LogP contribution in [0.1, 0.15) is 19.4 Å². The van der Waals surface area contributed by atoms with Gasteiger partial charge in [0, 0.05) is 5.54 Å². The van der Waals surface area contributed by atoms with Gasteiger partial charge in [0.1, 0.15) is 5.75 Å². The summed E-state index contributed by atoms with van der Waals surface area (Å²) < 4.78 is 5.11. The number of nitrogens with one attached hydrogen (secondary N) is 1. The Balaban J connectivity index is 2.69. The van der Waals surface area contributed by atoms with Crippen LogP contribution in [-0.2, 0) is 6.42 Å². The molecule has 0 fully saturated rings. The van der Waals surface area contributed by atoms with E-state index in [1.165, 1.54) is 5.56 Å². The van der Waals surface area contributed by atoms with E-state index in [1.807, 2.05) is 19.2 Å². The third kappa shape index (κ3) is 3.04. The van der Waals surface area contributed by atoms with E-state index in [4.69, 9.17) is 4.74 Å². The van der Waals surface area contributed by atoms with E-state index >= 15 is 0 Å². The minimum atomic E-state index is 0.147. The molecule has 0 radical (unpaired) electrons. The van der Waals surface area contributed by atoms with Gasteiger partial charge in [-0.3, -0.25) is 0 Å². The lowest BCUT2D eigenvalue weighted by molar-refractivity contribution is 0.411. The second-order valence-corrected chi connectivity index (χ2v) is 4.16. The lowest BCUT2D eigenvalue weighted by Gasteiger charge is -2.24. The van der Waals surface area contributed by atoms with Gasteiger partial charge in [-0.05, 0) is 45.0 Å². The average molecular weight is 193 g/mol. The van der Waals surface area contributed by atoms with E-state index in [1.54, 1.807) is 7.11 Å². The molecule has 0 amide bonds. The van der Waals surface area contributed by atoms with E-state index in [9.17, 15) is 0 Å². The minimum Gasteiger partial charge on any atom is -0.497 e. The Bertz CT molecular complexity index is 277. The summed E-state index contributed by atoms with van der Waals surface area (Å²) in [5, 5.41) is 3.29. The molecule has 2 nitrogen and oxygen atoms in total. The molecule has 0 saturated heterocycles. The van der Waals surface area contributed by atoms with Crippen LogP contribution in [0.3, 0.4) is 0 Å². The molecule has 1 aromatic rings. The summed E-state index contributed by atoms with van der Waals surface area (Å²) in [7, 11) is 3.68. The topological polar surface area (TPSA) is 21.3 Å². The van der Waals surface area contributed by atoms with Crippen LogP contribution in [0.15, 0.2) is 24.3 Å². The molecule has 0 aliphatic rings. The average Bonchev–Trinajstić information content (AvgIpc) is 2.19. The quantitative estimate of drug-likeness (QED) is 0.791. The molecule has 14 heavy (non-hydrogen) atoms. The van der Waals surface area contributed by atoms with Crippen molar-refractivity contribution in [2.75, 3.05) is 14.2 Å². The highest BCUT2D eigenvalue weighted by Gasteiger charge is 2.14. The summed E-state index contributed by atoms with van der Waals surface area (Å²) in [6, 6.07) is 8.22. The first-order valence-corrected chi connectivity index (χ1v) is 4.89. The fourth-order valence-corrected chi connectivity index (χ4v) is 1.34. The van der Waals surface area contributed by atoms with Crippen molar-refractivity contribution >= 4 is 0 Å². The van der Waals surface area contributed by atoms with Crippen LogP contribution in [0.4, 0.5) is 0 Å². The number of benzene rings is 1. The molecule has 0 atom stereocenters. The highest BCUT2D eigenvalue weighted by Crippen LogP contribution is 2.16. The van der Waals surface area contributed by atoms with Crippen LogP contribution in [0, 0.1) is 0 Å². The summed E-state index contributed by atoms with van der Waals surface area (Å²) in [6.45, 7) is 4.38. The first-order valence-electron chi connectivity index (χ1n) is 4.89.